The summed E-state index contributed by atoms with van der Waals surface area (Å²) in [6, 6.07) is -2.19. The zero-order valence-electron chi connectivity index (χ0n) is 17.6. The SMILES string of the molecule is C=C(N)NCCC[C@@H](CC(=O)N(C)C1CN=C(NC(N)=O)NC1=O)NC(=O)CCCO. The van der Waals surface area contributed by atoms with Gasteiger partial charge in [0.2, 0.25) is 17.8 Å². The highest BCUT2D eigenvalue weighted by Crippen LogP contribution is 2.10. The molecule has 0 bridgehead atoms. The molecule has 0 aromatic rings. The molecule has 0 aliphatic carbocycles. The van der Waals surface area contributed by atoms with Gasteiger partial charge in [-0.25, -0.2) is 9.79 Å². The molecule has 31 heavy (non-hydrogen) atoms. The van der Waals surface area contributed by atoms with E-state index in [9.17, 15) is 19.2 Å². The maximum Gasteiger partial charge on any atom is 0.318 e. The fourth-order valence-electron chi connectivity index (χ4n) is 2.88. The average molecular weight is 441 g/mol. The lowest BCUT2D eigenvalue weighted by atomic mass is 10.1. The number of nitrogens with two attached hydrogens (primary N) is 2. The maximum absolute atomic E-state index is 12.8. The quantitative estimate of drug-likeness (QED) is 0.161. The molecule has 9 N–H and O–H groups in total. The second-order valence-corrected chi connectivity index (χ2v) is 7.08. The number of aliphatic imine (C=N–C) groups is 1. The molecule has 13 nitrogen and oxygen atoms in total. The maximum atomic E-state index is 12.8. The molecule has 0 aromatic carbocycles. The first-order valence-corrected chi connectivity index (χ1v) is 9.90. The molecule has 1 aliphatic heterocycles. The summed E-state index contributed by atoms with van der Waals surface area (Å²) in [6.07, 6.45) is 1.55. The van der Waals surface area contributed by atoms with E-state index in [-0.39, 0.29) is 43.8 Å². The van der Waals surface area contributed by atoms with Crippen LogP contribution in [-0.2, 0) is 14.4 Å². The molecule has 1 rings (SSSR count). The Kier molecular flexibility index (Phi) is 10.8. The fourth-order valence-corrected chi connectivity index (χ4v) is 2.88. The van der Waals surface area contributed by atoms with Crippen LogP contribution in [-0.4, -0.2) is 78.5 Å². The molecule has 2 atom stereocenters. The van der Waals surface area contributed by atoms with Crippen molar-refractivity contribution in [3.05, 3.63) is 12.4 Å². The molecule has 1 heterocycles. The molecule has 5 amide bonds. The number of guanidine groups is 1. The number of rotatable bonds is 12. The van der Waals surface area contributed by atoms with Gasteiger partial charge in [0.15, 0.2) is 0 Å². The van der Waals surface area contributed by atoms with Gasteiger partial charge in [-0.2, -0.15) is 0 Å². The van der Waals surface area contributed by atoms with Crippen molar-refractivity contribution in [1.82, 2.24) is 26.2 Å². The summed E-state index contributed by atoms with van der Waals surface area (Å²) in [5, 5.41) is 19.1. The minimum Gasteiger partial charge on any atom is -0.396 e. The average Bonchev–Trinajstić information content (AvgIpc) is 2.68. The summed E-state index contributed by atoms with van der Waals surface area (Å²) in [4.78, 5) is 53.2. The highest BCUT2D eigenvalue weighted by atomic mass is 16.3. The number of nitrogens with zero attached hydrogens (tertiary/aromatic N) is 2. The number of likely N-dealkylation sites (N-methyl/N-ethyl adjacent to an activating group) is 1. The van der Waals surface area contributed by atoms with Gasteiger partial charge in [0.05, 0.1) is 12.4 Å². The fraction of sp³-hybridized carbons (Fsp3) is 0.611. The molecule has 13 heteroatoms. The molecule has 174 valence electrons. The first-order chi connectivity index (χ1) is 14.6. The number of urea groups is 1. The highest BCUT2D eigenvalue weighted by molar-refractivity contribution is 6.07. The van der Waals surface area contributed by atoms with Crippen LogP contribution in [0.1, 0.15) is 32.1 Å². The Balaban J connectivity index is 2.70. The van der Waals surface area contributed by atoms with Crippen LogP contribution in [0.2, 0.25) is 0 Å². The topological polar surface area (TPSA) is 204 Å². The zero-order chi connectivity index (χ0) is 23.4. The van der Waals surface area contributed by atoms with E-state index in [1.165, 1.54) is 11.9 Å². The van der Waals surface area contributed by atoms with Crippen LogP contribution in [0.15, 0.2) is 17.4 Å². The van der Waals surface area contributed by atoms with Crippen LogP contribution >= 0.6 is 0 Å². The monoisotopic (exact) mass is 440 g/mol. The van der Waals surface area contributed by atoms with E-state index in [0.29, 0.717) is 31.6 Å². The highest BCUT2D eigenvalue weighted by Gasteiger charge is 2.31. The molecule has 0 aromatic heterocycles. The van der Waals surface area contributed by atoms with Gasteiger partial charge in [-0.3, -0.25) is 25.0 Å². The van der Waals surface area contributed by atoms with Crippen LogP contribution in [0.5, 0.6) is 0 Å². The first kappa shape index (κ1) is 25.7. The number of aliphatic hydroxyl groups is 1. The van der Waals surface area contributed by atoms with Crippen molar-refractivity contribution >= 4 is 29.7 Å². The molecule has 1 aliphatic rings. The van der Waals surface area contributed by atoms with Crippen LogP contribution in [0.4, 0.5) is 4.79 Å². The molecule has 1 unspecified atom stereocenters. The summed E-state index contributed by atoms with van der Waals surface area (Å²) in [5.41, 5.74) is 10.5. The predicted octanol–water partition coefficient (Wildman–Crippen LogP) is -2.59. The summed E-state index contributed by atoms with van der Waals surface area (Å²) in [6.45, 7) is 3.92. The van der Waals surface area contributed by atoms with Crippen molar-refractivity contribution < 1.29 is 24.3 Å². The molecule has 0 radical (unpaired) electrons. The summed E-state index contributed by atoms with van der Waals surface area (Å²) in [7, 11) is 1.47. The van der Waals surface area contributed by atoms with E-state index < -0.39 is 24.0 Å². The number of carbonyl (C=O) groups is 4. The Labute approximate surface area is 180 Å². The number of carbonyl (C=O) groups excluding carboxylic acids is 4. The number of nitrogens with one attached hydrogen (secondary N) is 4. The second kappa shape index (κ2) is 13.1. The lowest BCUT2D eigenvalue weighted by Gasteiger charge is -2.30. The van der Waals surface area contributed by atoms with Crippen LogP contribution in [0.25, 0.3) is 0 Å². The van der Waals surface area contributed by atoms with Gasteiger partial charge in [0.1, 0.15) is 6.04 Å². The molecule has 0 saturated heterocycles. The largest absolute Gasteiger partial charge is 0.396 e. The Morgan fingerprint density at radius 2 is 2.06 bits per heavy atom. The number of hydrogen-bond donors (Lipinski definition) is 7. The van der Waals surface area contributed by atoms with Gasteiger partial charge in [0.25, 0.3) is 5.91 Å². The smallest absolute Gasteiger partial charge is 0.318 e. The van der Waals surface area contributed by atoms with E-state index >= 15 is 0 Å². The van der Waals surface area contributed by atoms with Crippen molar-refractivity contribution in [2.24, 2.45) is 16.5 Å². The van der Waals surface area contributed by atoms with Gasteiger partial charge in [-0.05, 0) is 19.3 Å². The third kappa shape index (κ3) is 9.80. The van der Waals surface area contributed by atoms with E-state index in [0.717, 1.165) is 0 Å². The van der Waals surface area contributed by atoms with Crippen molar-refractivity contribution in [1.29, 1.82) is 0 Å². The minimum atomic E-state index is -0.866. The normalized spacial score (nSPS) is 16.4. The number of amides is 5. The Bertz CT molecular complexity index is 711. The Hall–Kier alpha value is -3.35. The van der Waals surface area contributed by atoms with E-state index in [2.05, 4.69) is 32.8 Å². The van der Waals surface area contributed by atoms with Crippen molar-refractivity contribution in [3.63, 3.8) is 0 Å². The summed E-state index contributed by atoms with van der Waals surface area (Å²) in [5.74, 6) is -0.881. The van der Waals surface area contributed by atoms with Gasteiger partial charge >= 0.3 is 6.03 Å². The lowest BCUT2D eigenvalue weighted by molar-refractivity contribution is -0.139. The molecular formula is C18H32N8O5. The Morgan fingerprint density at radius 1 is 1.35 bits per heavy atom. The Morgan fingerprint density at radius 3 is 2.65 bits per heavy atom. The van der Waals surface area contributed by atoms with Gasteiger partial charge in [-0.15, -0.1) is 0 Å². The van der Waals surface area contributed by atoms with Gasteiger partial charge in [-0.1, -0.05) is 6.58 Å². The lowest BCUT2D eigenvalue weighted by Crippen LogP contribution is -2.58. The van der Waals surface area contributed by atoms with E-state index in [1.807, 2.05) is 0 Å². The third-order valence-electron chi connectivity index (χ3n) is 4.50. The minimum absolute atomic E-state index is 0.0230. The number of primary amides is 1. The summed E-state index contributed by atoms with van der Waals surface area (Å²) >= 11 is 0. The number of hydrogen-bond acceptors (Lipinski definition) is 8. The molecule has 0 fully saturated rings. The zero-order valence-corrected chi connectivity index (χ0v) is 17.6. The summed E-state index contributed by atoms with van der Waals surface area (Å²) < 4.78 is 0. The molecular weight excluding hydrogens is 408 g/mol. The van der Waals surface area contributed by atoms with Gasteiger partial charge < -0.3 is 32.1 Å². The van der Waals surface area contributed by atoms with Crippen LogP contribution in [0.3, 0.4) is 0 Å². The van der Waals surface area contributed by atoms with E-state index in [1.54, 1.807) is 0 Å². The van der Waals surface area contributed by atoms with Crippen molar-refractivity contribution in [3.8, 4) is 0 Å². The van der Waals surface area contributed by atoms with Crippen molar-refractivity contribution in [2.45, 2.75) is 44.2 Å². The van der Waals surface area contributed by atoms with Gasteiger partial charge in [0, 0.05) is 39.1 Å². The first-order valence-electron chi connectivity index (χ1n) is 9.90. The third-order valence-corrected chi connectivity index (χ3v) is 4.50. The number of aliphatic hydroxyl groups excluding tert-OH is 1. The van der Waals surface area contributed by atoms with Crippen LogP contribution in [0, 0.1) is 0 Å². The molecule has 0 spiro atoms. The molecule has 0 saturated carbocycles. The second-order valence-electron chi connectivity index (χ2n) is 7.08. The van der Waals surface area contributed by atoms with Crippen LogP contribution < -0.4 is 32.7 Å². The van der Waals surface area contributed by atoms with Crippen molar-refractivity contribution in [2.75, 3.05) is 26.7 Å². The van der Waals surface area contributed by atoms with E-state index in [4.69, 9.17) is 16.6 Å². The standard InChI is InChI=1S/C18H32N8O5/c1-11(19)21-7-3-5-12(23-14(28)6-4-8-27)9-15(29)26(2)13-10-22-18(24-16(13)30)25-17(20)31/h12-13,21,27H,1,3-10,19H2,2H3,(H,23,28)(H4,20,22,24,25,30,31)/t12-,13?/m0/s1. The predicted molar refractivity (Wildman–Crippen MR) is 113 cm³/mol.